The van der Waals surface area contributed by atoms with Crippen molar-refractivity contribution in [1.29, 1.82) is 0 Å². The van der Waals surface area contributed by atoms with Crippen molar-refractivity contribution >= 4 is 19.9 Å². The topological polar surface area (TPSA) is 82.1 Å². The standard InChI is InChI=1S/C28H42O6Si/c1-28(2,3)35(6,7)34-17-13-11-14-20-18-22-24(23(19-20)32-4)25(30)21(27(33-5)26(22)31)15-10-8-9-12-16-29/h11,13,18-19,29H,8-10,12,14-17H2,1-7H3/b13-11+. The summed E-state index contributed by atoms with van der Waals surface area (Å²) in [6.07, 6.45) is 8.32. The van der Waals surface area contributed by atoms with Crippen LogP contribution in [0, 0.1) is 0 Å². The first-order chi connectivity index (χ1) is 16.5. The van der Waals surface area contributed by atoms with E-state index in [1.54, 1.807) is 6.07 Å². The summed E-state index contributed by atoms with van der Waals surface area (Å²) >= 11 is 0. The quantitative estimate of drug-likeness (QED) is 0.201. The molecule has 1 N–H and O–H groups in total. The van der Waals surface area contributed by atoms with Gasteiger partial charge in [-0.1, -0.05) is 45.8 Å². The summed E-state index contributed by atoms with van der Waals surface area (Å²) in [6, 6.07) is 3.61. The molecule has 0 bridgehead atoms. The highest BCUT2D eigenvalue weighted by Gasteiger charge is 2.37. The van der Waals surface area contributed by atoms with E-state index in [-0.39, 0.29) is 29.0 Å². The van der Waals surface area contributed by atoms with Gasteiger partial charge in [0.25, 0.3) is 0 Å². The van der Waals surface area contributed by atoms with E-state index in [9.17, 15) is 9.59 Å². The fourth-order valence-electron chi connectivity index (χ4n) is 3.85. The van der Waals surface area contributed by atoms with Gasteiger partial charge in [0.15, 0.2) is 19.9 Å². The van der Waals surface area contributed by atoms with Crippen LogP contribution in [-0.2, 0) is 15.6 Å². The van der Waals surface area contributed by atoms with Crippen molar-refractivity contribution in [3.05, 3.63) is 52.3 Å². The minimum absolute atomic E-state index is 0.127. The Labute approximate surface area is 211 Å². The second-order valence-electron chi connectivity index (χ2n) is 10.5. The van der Waals surface area contributed by atoms with Gasteiger partial charge < -0.3 is 19.0 Å². The van der Waals surface area contributed by atoms with E-state index in [0.717, 1.165) is 31.2 Å². The average Bonchev–Trinajstić information content (AvgIpc) is 2.80. The van der Waals surface area contributed by atoms with Gasteiger partial charge in [0.1, 0.15) is 5.75 Å². The van der Waals surface area contributed by atoms with Gasteiger partial charge in [-0.05, 0) is 61.5 Å². The molecule has 2 rings (SSSR count). The Hall–Kier alpha value is -2.22. The molecule has 0 atom stereocenters. The number of aliphatic hydroxyl groups excluding tert-OH is 1. The molecule has 0 saturated carbocycles. The molecule has 0 amide bonds. The SMILES string of the molecule is COC1=C(CCCCCCO)C(=O)c2c(OC)cc(C/C=C/CO[Si](C)(C)C(C)(C)C)cc2C1=O. The molecule has 35 heavy (non-hydrogen) atoms. The molecule has 1 aromatic rings. The number of carbonyl (C=O) groups excluding carboxylic acids is 2. The van der Waals surface area contributed by atoms with E-state index in [1.807, 2.05) is 18.2 Å². The van der Waals surface area contributed by atoms with Crippen molar-refractivity contribution in [1.82, 2.24) is 0 Å². The maximum Gasteiger partial charge on any atom is 0.228 e. The van der Waals surface area contributed by atoms with E-state index in [4.69, 9.17) is 19.0 Å². The van der Waals surface area contributed by atoms with Crippen LogP contribution in [0.3, 0.4) is 0 Å². The summed E-state index contributed by atoms with van der Waals surface area (Å²) in [6.45, 7) is 11.8. The summed E-state index contributed by atoms with van der Waals surface area (Å²) in [4.78, 5) is 26.7. The van der Waals surface area contributed by atoms with E-state index in [1.165, 1.54) is 14.2 Å². The van der Waals surface area contributed by atoms with Gasteiger partial charge in [-0.25, -0.2) is 0 Å². The molecule has 0 saturated heterocycles. The van der Waals surface area contributed by atoms with Crippen molar-refractivity contribution in [2.45, 2.75) is 77.4 Å². The number of ketones is 2. The summed E-state index contributed by atoms with van der Waals surface area (Å²) in [5, 5.41) is 9.11. The zero-order valence-corrected chi connectivity index (χ0v) is 23.5. The number of rotatable bonds is 13. The first kappa shape index (κ1) is 29.0. The van der Waals surface area contributed by atoms with Gasteiger partial charge in [0.05, 0.1) is 26.4 Å². The third-order valence-electron chi connectivity index (χ3n) is 7.01. The van der Waals surface area contributed by atoms with Crippen LogP contribution >= 0.6 is 0 Å². The van der Waals surface area contributed by atoms with Crippen LogP contribution < -0.4 is 4.74 Å². The maximum atomic E-state index is 13.4. The second-order valence-corrected chi connectivity index (χ2v) is 15.3. The van der Waals surface area contributed by atoms with Gasteiger partial charge in [-0.3, -0.25) is 9.59 Å². The normalized spacial score (nSPS) is 14.6. The van der Waals surface area contributed by atoms with Crippen molar-refractivity contribution in [2.75, 3.05) is 27.4 Å². The highest BCUT2D eigenvalue weighted by Crippen LogP contribution is 2.37. The number of hydrogen-bond donors (Lipinski definition) is 1. The van der Waals surface area contributed by atoms with Gasteiger partial charge in [-0.2, -0.15) is 0 Å². The van der Waals surface area contributed by atoms with Crippen LogP contribution in [-0.4, -0.2) is 52.4 Å². The smallest absolute Gasteiger partial charge is 0.228 e. The molecule has 0 radical (unpaired) electrons. The molecule has 1 aliphatic rings. The lowest BCUT2D eigenvalue weighted by Crippen LogP contribution is -2.40. The number of carbonyl (C=O) groups is 2. The van der Waals surface area contributed by atoms with Gasteiger partial charge >= 0.3 is 0 Å². The van der Waals surface area contributed by atoms with Gasteiger partial charge in [-0.15, -0.1) is 0 Å². The Morgan fingerprint density at radius 3 is 2.23 bits per heavy atom. The predicted molar refractivity (Wildman–Crippen MR) is 142 cm³/mol. The van der Waals surface area contributed by atoms with Crippen molar-refractivity contribution in [3.63, 3.8) is 0 Å². The van der Waals surface area contributed by atoms with Gasteiger partial charge in [0.2, 0.25) is 5.78 Å². The number of aliphatic hydroxyl groups is 1. The molecule has 0 heterocycles. The predicted octanol–water partition coefficient (Wildman–Crippen LogP) is 6.04. The number of unbranched alkanes of at least 4 members (excludes halogenated alkanes) is 3. The molecule has 1 aromatic carbocycles. The summed E-state index contributed by atoms with van der Waals surface area (Å²) in [7, 11) is 1.15. The number of benzene rings is 1. The Balaban J connectivity index is 2.20. The Bertz CT molecular complexity index is 968. The van der Waals surface area contributed by atoms with Crippen LogP contribution in [0.5, 0.6) is 5.75 Å². The molecule has 0 aromatic heterocycles. The Morgan fingerprint density at radius 1 is 0.943 bits per heavy atom. The summed E-state index contributed by atoms with van der Waals surface area (Å²) in [5.74, 6) is 0.0510. The van der Waals surface area contributed by atoms with Crippen molar-refractivity contribution in [2.24, 2.45) is 0 Å². The van der Waals surface area contributed by atoms with E-state index in [2.05, 4.69) is 33.9 Å². The average molecular weight is 503 g/mol. The highest BCUT2D eigenvalue weighted by atomic mass is 28.4. The fourth-order valence-corrected chi connectivity index (χ4v) is 4.79. The maximum absolute atomic E-state index is 13.4. The van der Waals surface area contributed by atoms with E-state index in [0.29, 0.717) is 41.9 Å². The minimum Gasteiger partial charge on any atom is -0.496 e. The monoisotopic (exact) mass is 502 g/mol. The molecule has 7 heteroatoms. The van der Waals surface area contributed by atoms with Crippen LogP contribution in [0.1, 0.15) is 79.2 Å². The second kappa shape index (κ2) is 12.7. The summed E-state index contributed by atoms with van der Waals surface area (Å²) < 4.78 is 17.1. The number of hydrogen-bond acceptors (Lipinski definition) is 6. The molecule has 0 fully saturated rings. The van der Waals surface area contributed by atoms with Crippen LogP contribution in [0.15, 0.2) is 35.6 Å². The molecular weight excluding hydrogens is 460 g/mol. The molecule has 194 valence electrons. The molecule has 0 aliphatic heterocycles. The molecular formula is C28H42O6Si. The number of ether oxygens (including phenoxy) is 2. The van der Waals surface area contributed by atoms with Crippen molar-refractivity contribution in [3.8, 4) is 5.75 Å². The van der Waals surface area contributed by atoms with E-state index < -0.39 is 8.32 Å². The van der Waals surface area contributed by atoms with Gasteiger partial charge in [0, 0.05) is 17.7 Å². The van der Waals surface area contributed by atoms with Crippen LogP contribution in [0.2, 0.25) is 18.1 Å². The van der Waals surface area contributed by atoms with Crippen molar-refractivity contribution < 1.29 is 28.6 Å². The van der Waals surface area contributed by atoms with E-state index >= 15 is 0 Å². The zero-order chi connectivity index (χ0) is 26.2. The lowest BCUT2D eigenvalue weighted by molar-refractivity contribution is 0.0900. The zero-order valence-electron chi connectivity index (χ0n) is 22.5. The molecule has 0 unspecified atom stereocenters. The molecule has 6 nitrogen and oxygen atoms in total. The number of Topliss-reactive ketones (excluding diaryl/α,β-unsaturated/α-hetero) is 2. The first-order valence-electron chi connectivity index (χ1n) is 12.5. The lowest BCUT2D eigenvalue weighted by Gasteiger charge is -2.35. The number of allylic oxidation sites excluding steroid dienone is 3. The first-order valence-corrected chi connectivity index (χ1v) is 15.4. The summed E-state index contributed by atoms with van der Waals surface area (Å²) in [5.41, 5.74) is 1.93. The molecule has 1 aliphatic carbocycles. The fraction of sp³-hybridized carbons (Fsp3) is 0.571. The Kier molecular flexibility index (Phi) is 10.5. The van der Waals surface area contributed by atoms with Crippen LogP contribution in [0.25, 0.3) is 0 Å². The highest BCUT2D eigenvalue weighted by molar-refractivity contribution is 6.74. The minimum atomic E-state index is -1.80. The third-order valence-corrected chi connectivity index (χ3v) is 11.5. The number of fused-ring (bicyclic) bond motifs is 1. The third kappa shape index (κ3) is 7.15. The molecule has 0 spiro atoms. The number of methoxy groups -OCH3 is 2. The lowest BCUT2D eigenvalue weighted by atomic mass is 9.84. The largest absolute Gasteiger partial charge is 0.496 e. The Morgan fingerprint density at radius 2 is 1.63 bits per heavy atom. The van der Waals surface area contributed by atoms with Crippen LogP contribution in [0.4, 0.5) is 0 Å².